The lowest BCUT2D eigenvalue weighted by atomic mass is 10.0. The number of halogens is 2. The SMILES string of the molecule is CC(C)(NC(=O)OCCSI)c1ccc(Br)cn1. The minimum Gasteiger partial charge on any atom is -0.449 e. The number of alkyl carbamates (subject to hydrolysis) is 1. The Hall–Kier alpha value is -0.0200. The first-order chi connectivity index (χ1) is 8.45. The molecule has 18 heavy (non-hydrogen) atoms. The van der Waals surface area contributed by atoms with Gasteiger partial charge in [-0.1, -0.05) is 8.93 Å². The van der Waals surface area contributed by atoms with Crippen LogP contribution in [0.1, 0.15) is 19.5 Å². The highest BCUT2D eigenvalue weighted by Gasteiger charge is 2.24. The number of carbonyl (C=O) groups excluding carboxylic acids is 1. The van der Waals surface area contributed by atoms with E-state index in [0.717, 1.165) is 15.9 Å². The number of nitrogens with zero attached hydrogens (tertiary/aromatic N) is 1. The van der Waals surface area contributed by atoms with E-state index in [1.807, 2.05) is 26.0 Å². The molecule has 0 aliphatic heterocycles. The molecule has 0 aromatic carbocycles. The van der Waals surface area contributed by atoms with Crippen LogP contribution in [0.25, 0.3) is 0 Å². The van der Waals surface area contributed by atoms with Gasteiger partial charge >= 0.3 is 6.09 Å². The molecule has 0 atom stereocenters. The van der Waals surface area contributed by atoms with Crippen LogP contribution in [0.4, 0.5) is 4.79 Å². The van der Waals surface area contributed by atoms with Gasteiger partial charge in [-0.15, -0.1) is 0 Å². The van der Waals surface area contributed by atoms with Crippen LogP contribution < -0.4 is 5.32 Å². The molecule has 1 aromatic rings. The van der Waals surface area contributed by atoms with Crippen LogP contribution in [0.15, 0.2) is 22.8 Å². The van der Waals surface area contributed by atoms with Gasteiger partial charge in [-0.05, 0) is 63.1 Å². The van der Waals surface area contributed by atoms with Gasteiger partial charge in [-0.25, -0.2) is 4.79 Å². The molecule has 1 heterocycles. The van der Waals surface area contributed by atoms with Crippen molar-refractivity contribution >= 4 is 52.2 Å². The number of pyridine rings is 1. The lowest BCUT2D eigenvalue weighted by molar-refractivity contribution is 0.142. The predicted octanol–water partition coefficient (Wildman–Crippen LogP) is 3.89. The highest BCUT2D eigenvalue weighted by molar-refractivity contribution is 14.2. The van der Waals surface area contributed by atoms with Crippen molar-refractivity contribution in [2.75, 3.05) is 12.4 Å². The third-order valence-corrected chi connectivity index (χ3v) is 4.29. The second kappa shape index (κ2) is 7.54. The number of carbonyl (C=O) groups is 1. The molecule has 1 rings (SSSR count). The van der Waals surface area contributed by atoms with Crippen molar-refractivity contribution < 1.29 is 9.53 Å². The number of aromatic nitrogens is 1. The first-order valence-corrected chi connectivity index (χ1v) is 9.58. The van der Waals surface area contributed by atoms with E-state index >= 15 is 0 Å². The largest absolute Gasteiger partial charge is 0.449 e. The van der Waals surface area contributed by atoms with Gasteiger partial charge in [0.2, 0.25) is 0 Å². The van der Waals surface area contributed by atoms with Crippen LogP contribution in [0, 0.1) is 0 Å². The number of nitrogens with one attached hydrogen (secondary N) is 1. The fourth-order valence-electron chi connectivity index (χ4n) is 1.27. The maximum absolute atomic E-state index is 11.6. The molecule has 0 fully saturated rings. The summed E-state index contributed by atoms with van der Waals surface area (Å²) in [5.41, 5.74) is 0.223. The average Bonchev–Trinajstić information content (AvgIpc) is 2.29. The minimum absolute atomic E-state index is 0.406. The second-order valence-corrected chi connectivity index (χ2v) is 7.47. The highest BCUT2D eigenvalue weighted by atomic mass is 127. The van der Waals surface area contributed by atoms with E-state index in [0.29, 0.717) is 6.61 Å². The molecule has 0 bridgehead atoms. The van der Waals surface area contributed by atoms with Crippen LogP contribution in [-0.2, 0) is 10.3 Å². The van der Waals surface area contributed by atoms with E-state index in [1.54, 1.807) is 15.1 Å². The average molecular weight is 445 g/mol. The molecule has 4 nitrogen and oxygen atoms in total. The summed E-state index contributed by atoms with van der Waals surface area (Å²) in [6.45, 7) is 4.18. The molecule has 0 spiro atoms. The quantitative estimate of drug-likeness (QED) is 0.552. The maximum Gasteiger partial charge on any atom is 0.407 e. The third kappa shape index (κ3) is 5.31. The summed E-state index contributed by atoms with van der Waals surface area (Å²) in [7, 11) is 1.61. The number of hydrogen-bond acceptors (Lipinski definition) is 4. The Labute approximate surface area is 131 Å². The third-order valence-electron chi connectivity index (χ3n) is 2.18. The van der Waals surface area contributed by atoms with Gasteiger partial charge < -0.3 is 10.1 Å². The molecule has 7 heteroatoms. The normalized spacial score (nSPS) is 11.1. The Morgan fingerprint density at radius 2 is 2.33 bits per heavy atom. The molecule has 100 valence electrons. The number of amides is 1. The molecule has 1 amide bonds. The Balaban J connectivity index is 2.58. The minimum atomic E-state index is -0.560. The summed E-state index contributed by atoms with van der Waals surface area (Å²) in [5.74, 6) is 0.783. The van der Waals surface area contributed by atoms with Crippen molar-refractivity contribution in [3.63, 3.8) is 0 Å². The van der Waals surface area contributed by atoms with E-state index < -0.39 is 11.6 Å². The van der Waals surface area contributed by atoms with Gasteiger partial charge in [-0.2, -0.15) is 0 Å². The topological polar surface area (TPSA) is 51.2 Å². The van der Waals surface area contributed by atoms with Gasteiger partial charge in [0.1, 0.15) is 6.61 Å². The zero-order valence-electron chi connectivity index (χ0n) is 10.1. The zero-order chi connectivity index (χ0) is 13.6. The lowest BCUT2D eigenvalue weighted by Gasteiger charge is -2.25. The molecule has 0 radical (unpaired) electrons. The number of ether oxygens (including phenoxy) is 1. The lowest BCUT2D eigenvalue weighted by Crippen LogP contribution is -2.42. The number of hydrogen-bond donors (Lipinski definition) is 1. The van der Waals surface area contributed by atoms with Crippen molar-refractivity contribution in [3.8, 4) is 0 Å². The van der Waals surface area contributed by atoms with Crippen LogP contribution in [0.3, 0.4) is 0 Å². The van der Waals surface area contributed by atoms with Crippen molar-refractivity contribution in [2.24, 2.45) is 0 Å². The molecular weight excluding hydrogens is 431 g/mol. The van der Waals surface area contributed by atoms with Crippen molar-refractivity contribution in [3.05, 3.63) is 28.5 Å². The molecule has 1 aromatic heterocycles. The van der Waals surface area contributed by atoms with Gasteiger partial charge in [0.25, 0.3) is 0 Å². The first kappa shape index (κ1) is 16.0. The first-order valence-electron chi connectivity index (χ1n) is 5.26. The predicted molar refractivity (Wildman–Crippen MR) is 85.9 cm³/mol. The fourth-order valence-corrected chi connectivity index (χ4v) is 2.19. The molecular formula is C11H14BrIN2O2S. The van der Waals surface area contributed by atoms with E-state index in [2.05, 4.69) is 47.4 Å². The van der Waals surface area contributed by atoms with Crippen molar-refractivity contribution in [2.45, 2.75) is 19.4 Å². The summed E-state index contributed by atoms with van der Waals surface area (Å²) in [5, 5.41) is 2.80. The molecule has 0 aliphatic carbocycles. The summed E-state index contributed by atoms with van der Waals surface area (Å²) in [6.07, 6.45) is 1.28. The van der Waals surface area contributed by atoms with E-state index in [4.69, 9.17) is 4.74 Å². The van der Waals surface area contributed by atoms with E-state index in [-0.39, 0.29) is 0 Å². The Bertz CT molecular complexity index is 401. The van der Waals surface area contributed by atoms with Gasteiger partial charge in [0.05, 0.1) is 11.2 Å². The standard InChI is InChI=1S/C11H14BrIN2O2S/c1-11(2,9-4-3-8(12)7-14-9)15-10(16)17-5-6-18-13/h3-4,7H,5-6H2,1-2H3,(H,15,16). The Morgan fingerprint density at radius 3 is 2.89 bits per heavy atom. The zero-order valence-corrected chi connectivity index (χ0v) is 14.6. The molecule has 0 unspecified atom stereocenters. The Kier molecular flexibility index (Phi) is 6.72. The van der Waals surface area contributed by atoms with Gasteiger partial charge in [0.15, 0.2) is 0 Å². The summed E-state index contributed by atoms with van der Waals surface area (Å²) >= 11 is 5.49. The van der Waals surface area contributed by atoms with Crippen molar-refractivity contribution in [1.29, 1.82) is 0 Å². The van der Waals surface area contributed by atoms with Gasteiger partial charge in [-0.3, -0.25) is 4.98 Å². The summed E-state index contributed by atoms with van der Waals surface area (Å²) < 4.78 is 5.96. The molecule has 0 saturated carbocycles. The van der Waals surface area contributed by atoms with Crippen LogP contribution >= 0.6 is 46.1 Å². The Morgan fingerprint density at radius 1 is 1.61 bits per heavy atom. The smallest absolute Gasteiger partial charge is 0.407 e. The highest BCUT2D eigenvalue weighted by Crippen LogP contribution is 2.19. The van der Waals surface area contributed by atoms with Gasteiger partial charge in [0, 0.05) is 16.4 Å². The molecule has 0 saturated heterocycles. The van der Waals surface area contributed by atoms with Crippen LogP contribution in [0.5, 0.6) is 0 Å². The molecule has 0 aliphatic rings. The monoisotopic (exact) mass is 444 g/mol. The van der Waals surface area contributed by atoms with E-state index in [9.17, 15) is 4.79 Å². The van der Waals surface area contributed by atoms with Crippen molar-refractivity contribution in [1.82, 2.24) is 10.3 Å². The van der Waals surface area contributed by atoms with E-state index in [1.165, 1.54) is 0 Å². The summed E-state index contributed by atoms with van der Waals surface area (Å²) in [6, 6.07) is 3.76. The second-order valence-electron chi connectivity index (χ2n) is 4.06. The number of rotatable bonds is 5. The van der Waals surface area contributed by atoms with Crippen LogP contribution in [-0.4, -0.2) is 23.4 Å². The maximum atomic E-state index is 11.6. The fraction of sp³-hybridized carbons (Fsp3) is 0.455. The summed E-state index contributed by atoms with van der Waals surface area (Å²) in [4.78, 5) is 15.9. The van der Waals surface area contributed by atoms with Crippen LogP contribution in [0.2, 0.25) is 0 Å². The molecule has 1 N–H and O–H groups in total.